The number of carbonyl (C=O) groups excluding carboxylic acids is 1. The topological polar surface area (TPSA) is 52.6 Å². The van der Waals surface area contributed by atoms with Crippen LogP contribution in [-0.4, -0.2) is 19.0 Å². The minimum atomic E-state index is -3.52. The van der Waals surface area contributed by atoms with Crippen LogP contribution in [0.4, 0.5) is 0 Å². The van der Waals surface area contributed by atoms with Crippen molar-refractivity contribution in [3.63, 3.8) is 0 Å². The average molecular weight is 396 g/mol. The lowest BCUT2D eigenvalue weighted by Gasteiger charge is -2.26. The highest BCUT2D eigenvalue weighted by atomic mass is 31.2. The lowest BCUT2D eigenvalue weighted by Crippen LogP contribution is -2.12. The van der Waals surface area contributed by atoms with Gasteiger partial charge in [0.2, 0.25) is 0 Å². The van der Waals surface area contributed by atoms with Crippen LogP contribution in [0.3, 0.4) is 0 Å². The molecule has 0 heterocycles. The van der Waals surface area contributed by atoms with Gasteiger partial charge in [-0.2, -0.15) is 0 Å². The van der Waals surface area contributed by atoms with Gasteiger partial charge in [-0.25, -0.2) is 0 Å². The monoisotopic (exact) mass is 396 g/mol. The Morgan fingerprint density at radius 2 is 1.46 bits per heavy atom. The molecular formula is C23H25O4P. The number of Topliss-reactive ketones (excluding diaryl/α,β-unsaturated/α-hetero) is 1. The number of hydrogen-bond acceptors (Lipinski definition) is 4. The fourth-order valence-electron chi connectivity index (χ4n) is 3.32. The minimum absolute atomic E-state index is 0.0552. The van der Waals surface area contributed by atoms with E-state index in [0.717, 1.165) is 16.3 Å². The highest BCUT2D eigenvalue weighted by molar-refractivity contribution is 7.54. The second-order valence-electron chi connectivity index (χ2n) is 6.49. The van der Waals surface area contributed by atoms with Crippen molar-refractivity contribution in [3.8, 4) is 0 Å². The first kappa shape index (κ1) is 20.5. The molecule has 0 aliphatic carbocycles. The van der Waals surface area contributed by atoms with Crippen LogP contribution in [0.15, 0.2) is 72.8 Å². The molecule has 3 aromatic carbocycles. The molecular weight excluding hydrogens is 371 g/mol. The number of carbonyl (C=O) groups is 1. The Kier molecular flexibility index (Phi) is 6.79. The molecule has 146 valence electrons. The molecule has 0 spiro atoms. The summed E-state index contributed by atoms with van der Waals surface area (Å²) in [5.41, 5.74) is 0.714. The van der Waals surface area contributed by atoms with Gasteiger partial charge in [-0.05, 0) is 30.2 Å². The van der Waals surface area contributed by atoms with Crippen LogP contribution < -0.4 is 0 Å². The van der Waals surface area contributed by atoms with Gasteiger partial charge in [0.15, 0.2) is 5.78 Å². The highest BCUT2D eigenvalue weighted by Crippen LogP contribution is 2.62. The van der Waals surface area contributed by atoms with E-state index in [-0.39, 0.29) is 25.4 Å². The molecule has 0 saturated carbocycles. The predicted octanol–water partition coefficient (Wildman–Crippen LogP) is 6.42. The van der Waals surface area contributed by atoms with Crippen LogP contribution in [0, 0.1) is 0 Å². The summed E-state index contributed by atoms with van der Waals surface area (Å²) in [5.74, 6) is -0.0848. The lowest BCUT2D eigenvalue weighted by atomic mass is 10.00. The SMILES string of the molecule is CCOP(=O)(OCC)C(CC(=O)c1ccccc1)c1ccc2ccccc2c1. The number of hydrogen-bond donors (Lipinski definition) is 0. The summed E-state index contributed by atoms with van der Waals surface area (Å²) in [7, 11) is -3.52. The van der Waals surface area contributed by atoms with Crippen LogP contribution >= 0.6 is 7.60 Å². The molecule has 0 aliphatic heterocycles. The van der Waals surface area contributed by atoms with E-state index in [1.165, 1.54) is 0 Å². The minimum Gasteiger partial charge on any atom is -0.308 e. The van der Waals surface area contributed by atoms with E-state index < -0.39 is 13.3 Å². The van der Waals surface area contributed by atoms with Crippen LogP contribution in [0.5, 0.6) is 0 Å². The third-order valence-corrected chi connectivity index (χ3v) is 7.11. The molecule has 5 heteroatoms. The maximum absolute atomic E-state index is 13.6. The largest absolute Gasteiger partial charge is 0.338 e. The first-order valence-corrected chi connectivity index (χ1v) is 11.1. The average Bonchev–Trinajstić information content (AvgIpc) is 2.72. The molecule has 0 N–H and O–H groups in total. The van der Waals surface area contributed by atoms with Gasteiger partial charge in [0.1, 0.15) is 0 Å². The van der Waals surface area contributed by atoms with Crippen molar-refractivity contribution in [3.05, 3.63) is 83.9 Å². The Balaban J connectivity index is 2.04. The molecule has 3 rings (SSSR count). The zero-order valence-electron chi connectivity index (χ0n) is 16.2. The normalized spacial score (nSPS) is 12.8. The first-order chi connectivity index (χ1) is 13.6. The zero-order chi connectivity index (χ0) is 20.0. The van der Waals surface area contributed by atoms with Crippen molar-refractivity contribution < 1.29 is 18.4 Å². The molecule has 0 radical (unpaired) electrons. The van der Waals surface area contributed by atoms with Crippen molar-refractivity contribution in [2.45, 2.75) is 25.9 Å². The summed E-state index contributed by atoms with van der Waals surface area (Å²) >= 11 is 0. The van der Waals surface area contributed by atoms with Gasteiger partial charge in [0.05, 0.1) is 18.9 Å². The number of fused-ring (bicyclic) bond motifs is 1. The summed E-state index contributed by atoms with van der Waals surface area (Å²) < 4.78 is 24.9. The summed E-state index contributed by atoms with van der Waals surface area (Å²) in [6, 6.07) is 22.9. The number of ketones is 1. The molecule has 28 heavy (non-hydrogen) atoms. The molecule has 0 saturated heterocycles. The quantitative estimate of drug-likeness (QED) is 0.309. The molecule has 3 aromatic rings. The molecule has 4 nitrogen and oxygen atoms in total. The van der Waals surface area contributed by atoms with Crippen LogP contribution in [0.1, 0.15) is 41.8 Å². The van der Waals surface area contributed by atoms with Crippen molar-refractivity contribution >= 4 is 24.2 Å². The van der Waals surface area contributed by atoms with Crippen LogP contribution in [0.25, 0.3) is 10.8 Å². The Morgan fingerprint density at radius 3 is 2.11 bits per heavy atom. The van der Waals surface area contributed by atoms with E-state index in [9.17, 15) is 9.36 Å². The fourth-order valence-corrected chi connectivity index (χ4v) is 5.39. The zero-order valence-corrected chi connectivity index (χ0v) is 17.1. The van der Waals surface area contributed by atoms with Crippen molar-refractivity contribution in [1.82, 2.24) is 0 Å². The molecule has 1 atom stereocenters. The third kappa shape index (κ3) is 4.59. The second-order valence-corrected chi connectivity index (χ2v) is 8.71. The highest BCUT2D eigenvalue weighted by Gasteiger charge is 2.38. The van der Waals surface area contributed by atoms with E-state index in [4.69, 9.17) is 9.05 Å². The molecule has 0 aromatic heterocycles. The fraction of sp³-hybridized carbons (Fsp3) is 0.261. The predicted molar refractivity (Wildman–Crippen MR) is 113 cm³/mol. The summed E-state index contributed by atoms with van der Waals surface area (Å²) in [6.07, 6.45) is 0.0552. The van der Waals surface area contributed by atoms with Crippen LogP contribution in [-0.2, 0) is 13.6 Å². The van der Waals surface area contributed by atoms with Gasteiger partial charge < -0.3 is 9.05 Å². The Hall–Kier alpha value is -2.26. The van der Waals surface area contributed by atoms with Gasteiger partial charge >= 0.3 is 7.60 Å². The molecule has 0 aliphatic rings. The van der Waals surface area contributed by atoms with Gasteiger partial charge in [-0.15, -0.1) is 0 Å². The van der Waals surface area contributed by atoms with Gasteiger partial charge in [0.25, 0.3) is 0 Å². The van der Waals surface area contributed by atoms with Crippen molar-refractivity contribution in [2.24, 2.45) is 0 Å². The third-order valence-electron chi connectivity index (χ3n) is 4.63. The lowest BCUT2D eigenvalue weighted by molar-refractivity contribution is 0.0973. The smallest absolute Gasteiger partial charge is 0.308 e. The van der Waals surface area contributed by atoms with E-state index in [1.54, 1.807) is 26.0 Å². The van der Waals surface area contributed by atoms with Crippen molar-refractivity contribution in [1.29, 1.82) is 0 Å². The number of benzene rings is 3. The second kappa shape index (κ2) is 9.29. The summed E-state index contributed by atoms with van der Waals surface area (Å²) in [6.45, 7) is 4.06. The van der Waals surface area contributed by atoms with Gasteiger partial charge in [0, 0.05) is 12.0 Å². The molecule has 0 amide bonds. The molecule has 0 bridgehead atoms. The molecule has 0 fully saturated rings. The van der Waals surface area contributed by atoms with E-state index >= 15 is 0 Å². The van der Waals surface area contributed by atoms with E-state index in [0.29, 0.717) is 5.56 Å². The van der Waals surface area contributed by atoms with Crippen molar-refractivity contribution in [2.75, 3.05) is 13.2 Å². The van der Waals surface area contributed by atoms with Gasteiger partial charge in [-0.3, -0.25) is 9.36 Å². The van der Waals surface area contributed by atoms with Gasteiger partial charge in [-0.1, -0.05) is 72.8 Å². The van der Waals surface area contributed by atoms with E-state index in [1.807, 2.05) is 60.7 Å². The van der Waals surface area contributed by atoms with Crippen LogP contribution in [0.2, 0.25) is 0 Å². The Morgan fingerprint density at radius 1 is 0.857 bits per heavy atom. The molecule has 1 unspecified atom stereocenters. The number of rotatable bonds is 9. The van der Waals surface area contributed by atoms with E-state index in [2.05, 4.69) is 0 Å². The Bertz CT molecular complexity index is 974. The summed E-state index contributed by atoms with van der Waals surface area (Å²) in [5, 5.41) is 2.11. The Labute approximate surface area is 166 Å². The first-order valence-electron chi connectivity index (χ1n) is 9.53. The standard InChI is InChI=1S/C23H25O4P/c1-3-26-28(25,27-4-2)23(17-22(24)19-11-6-5-7-12-19)21-15-14-18-10-8-9-13-20(18)16-21/h5-16,23H,3-4,17H2,1-2H3. The maximum atomic E-state index is 13.6. The maximum Gasteiger partial charge on any atom is 0.338 e. The summed E-state index contributed by atoms with van der Waals surface area (Å²) in [4.78, 5) is 12.9.